The Balaban J connectivity index is 1.33. The summed E-state index contributed by atoms with van der Waals surface area (Å²) in [7, 11) is 0. The second kappa shape index (κ2) is 10.8. The number of rotatable bonds is 10. The number of β-amino-alcohol motifs (C(OH)–C–C–N with tert-alkyl or cyclic N) is 1. The van der Waals surface area contributed by atoms with Crippen LogP contribution in [-0.2, 0) is 11.2 Å². The Kier molecular flexibility index (Phi) is 7.56. The van der Waals surface area contributed by atoms with Crippen molar-refractivity contribution in [1.82, 2.24) is 5.32 Å². The van der Waals surface area contributed by atoms with Crippen LogP contribution in [0.2, 0.25) is 0 Å². The van der Waals surface area contributed by atoms with Crippen molar-refractivity contribution >= 4 is 10.8 Å². The molecule has 4 aromatic carbocycles. The lowest BCUT2D eigenvalue weighted by Gasteiger charge is -2.29. The molecule has 1 atom stereocenters. The molecule has 3 nitrogen and oxygen atoms in total. The molecule has 170 valence electrons. The third-order valence-corrected chi connectivity index (χ3v) is 5.94. The van der Waals surface area contributed by atoms with Crippen LogP contribution in [0.15, 0.2) is 103 Å². The minimum atomic E-state index is -0.601. The first-order valence-electron chi connectivity index (χ1n) is 11.6. The minimum absolute atomic E-state index is 0.151. The number of ether oxygens (including phenoxy) is 1. The maximum atomic E-state index is 10.7. The van der Waals surface area contributed by atoms with E-state index in [-0.39, 0.29) is 18.2 Å². The Hall–Kier alpha value is -2.98. The van der Waals surface area contributed by atoms with Gasteiger partial charge in [-0.25, -0.2) is 0 Å². The van der Waals surface area contributed by atoms with Gasteiger partial charge in [0.05, 0.1) is 12.7 Å². The molecule has 0 bridgehead atoms. The maximum Gasteiger partial charge on any atom is 0.108 e. The molecular formula is C30H33NO2. The molecule has 0 heterocycles. The van der Waals surface area contributed by atoms with Gasteiger partial charge in [0, 0.05) is 12.1 Å². The molecule has 4 rings (SSSR count). The van der Waals surface area contributed by atoms with E-state index in [2.05, 4.69) is 85.9 Å². The highest BCUT2D eigenvalue weighted by atomic mass is 16.5. The van der Waals surface area contributed by atoms with Crippen molar-refractivity contribution in [2.45, 2.75) is 38.0 Å². The molecule has 3 heteroatoms. The molecule has 0 aromatic heterocycles. The zero-order valence-corrected chi connectivity index (χ0v) is 19.4. The molecule has 0 radical (unpaired) electrons. The largest absolute Gasteiger partial charge is 0.389 e. The quantitative estimate of drug-likeness (QED) is 0.322. The van der Waals surface area contributed by atoms with E-state index in [0.717, 1.165) is 17.5 Å². The minimum Gasteiger partial charge on any atom is -0.389 e. The van der Waals surface area contributed by atoms with Crippen LogP contribution in [0.4, 0.5) is 0 Å². The summed E-state index contributed by atoms with van der Waals surface area (Å²) in [5, 5.41) is 16.7. The Morgan fingerprint density at radius 1 is 0.758 bits per heavy atom. The highest BCUT2D eigenvalue weighted by molar-refractivity contribution is 5.83. The maximum absolute atomic E-state index is 10.7. The van der Waals surface area contributed by atoms with E-state index in [1.807, 2.05) is 36.4 Å². The van der Waals surface area contributed by atoms with E-state index in [9.17, 15) is 5.11 Å². The molecule has 0 unspecified atom stereocenters. The van der Waals surface area contributed by atoms with Gasteiger partial charge >= 0.3 is 0 Å². The van der Waals surface area contributed by atoms with E-state index < -0.39 is 6.10 Å². The Morgan fingerprint density at radius 3 is 1.97 bits per heavy atom. The van der Waals surface area contributed by atoms with Crippen LogP contribution in [0.3, 0.4) is 0 Å². The lowest BCUT2D eigenvalue weighted by molar-refractivity contribution is 0.00420. The number of hydrogen-bond donors (Lipinski definition) is 2. The van der Waals surface area contributed by atoms with Crippen LogP contribution in [0.25, 0.3) is 10.8 Å². The van der Waals surface area contributed by atoms with Crippen molar-refractivity contribution in [1.29, 1.82) is 0 Å². The third-order valence-electron chi connectivity index (χ3n) is 5.94. The molecule has 0 amide bonds. The van der Waals surface area contributed by atoms with Gasteiger partial charge in [-0.3, -0.25) is 0 Å². The first-order valence-corrected chi connectivity index (χ1v) is 11.6. The van der Waals surface area contributed by atoms with Crippen molar-refractivity contribution < 1.29 is 9.84 Å². The van der Waals surface area contributed by atoms with Gasteiger partial charge in [0.25, 0.3) is 0 Å². The van der Waals surface area contributed by atoms with Crippen molar-refractivity contribution in [3.8, 4) is 0 Å². The lowest BCUT2D eigenvalue weighted by atomic mass is 9.93. The van der Waals surface area contributed by atoms with Gasteiger partial charge in [0.15, 0.2) is 0 Å². The Morgan fingerprint density at radius 2 is 1.33 bits per heavy atom. The number of hydrogen-bond acceptors (Lipinski definition) is 3. The molecule has 0 aliphatic heterocycles. The Labute approximate surface area is 197 Å². The normalized spacial score (nSPS) is 12.8. The summed E-state index contributed by atoms with van der Waals surface area (Å²) in [6.07, 6.45) is 0.0747. The fourth-order valence-electron chi connectivity index (χ4n) is 4.22. The van der Waals surface area contributed by atoms with Crippen LogP contribution < -0.4 is 5.32 Å². The van der Waals surface area contributed by atoms with Crippen LogP contribution in [0, 0.1) is 0 Å². The summed E-state index contributed by atoms with van der Waals surface area (Å²) in [5.41, 5.74) is 3.30. The highest BCUT2D eigenvalue weighted by Gasteiger charge is 2.21. The average Bonchev–Trinajstić information content (AvgIpc) is 2.84. The SMILES string of the molecule is CC(C)(Cc1ccc2ccccc2c1)NC[C@@H](O)COC(c1ccccc1)c1ccccc1. The van der Waals surface area contributed by atoms with Crippen LogP contribution >= 0.6 is 0 Å². The van der Waals surface area contributed by atoms with E-state index in [1.165, 1.54) is 16.3 Å². The van der Waals surface area contributed by atoms with Gasteiger partial charge in [-0.2, -0.15) is 0 Å². The molecule has 0 aliphatic carbocycles. The first kappa shape index (κ1) is 23.2. The molecule has 33 heavy (non-hydrogen) atoms. The second-order valence-electron chi connectivity index (χ2n) is 9.31. The summed E-state index contributed by atoms with van der Waals surface area (Å²) in [5.74, 6) is 0. The monoisotopic (exact) mass is 439 g/mol. The standard InChI is InChI=1S/C30H33NO2/c1-30(2,20-23-17-18-24-11-9-10-16-27(24)19-23)31-21-28(32)22-33-29(25-12-5-3-6-13-25)26-14-7-4-8-15-26/h3-19,28-29,31-32H,20-22H2,1-2H3/t28-/m1/s1. The zero-order chi connectivity index (χ0) is 23.1. The molecule has 2 N–H and O–H groups in total. The molecule has 4 aromatic rings. The van der Waals surface area contributed by atoms with Gasteiger partial charge in [-0.1, -0.05) is 103 Å². The number of nitrogens with one attached hydrogen (secondary N) is 1. The van der Waals surface area contributed by atoms with Crippen LogP contribution in [-0.4, -0.2) is 29.9 Å². The van der Waals surface area contributed by atoms with E-state index in [4.69, 9.17) is 4.74 Å². The van der Waals surface area contributed by atoms with E-state index >= 15 is 0 Å². The highest BCUT2D eigenvalue weighted by Crippen LogP contribution is 2.26. The molecule has 0 fully saturated rings. The van der Waals surface area contributed by atoms with Crippen molar-refractivity contribution in [2.75, 3.05) is 13.2 Å². The molecule has 0 spiro atoms. The summed E-state index contributed by atoms with van der Waals surface area (Å²) in [6, 6.07) is 35.4. The third kappa shape index (κ3) is 6.52. The molecule has 0 saturated carbocycles. The fraction of sp³-hybridized carbons (Fsp3) is 0.267. The number of fused-ring (bicyclic) bond motifs is 1. The summed E-state index contributed by atoms with van der Waals surface area (Å²) in [6.45, 7) is 5.07. The van der Waals surface area contributed by atoms with E-state index in [1.54, 1.807) is 0 Å². The van der Waals surface area contributed by atoms with Gasteiger partial charge < -0.3 is 15.2 Å². The van der Waals surface area contributed by atoms with Crippen LogP contribution in [0.1, 0.15) is 36.6 Å². The van der Waals surface area contributed by atoms with E-state index in [0.29, 0.717) is 6.54 Å². The van der Waals surface area contributed by atoms with Gasteiger partial charge in [-0.05, 0) is 47.7 Å². The Bertz CT molecular complexity index is 1100. The smallest absolute Gasteiger partial charge is 0.108 e. The summed E-state index contributed by atoms with van der Waals surface area (Å²) in [4.78, 5) is 0. The predicted molar refractivity (Wildman–Crippen MR) is 136 cm³/mol. The number of aliphatic hydroxyl groups is 1. The van der Waals surface area contributed by atoms with Crippen molar-refractivity contribution in [2.24, 2.45) is 0 Å². The first-order chi connectivity index (χ1) is 16.0. The van der Waals surface area contributed by atoms with Gasteiger partial charge in [0.2, 0.25) is 0 Å². The summed E-state index contributed by atoms with van der Waals surface area (Å²) >= 11 is 0. The molecular weight excluding hydrogens is 406 g/mol. The van der Waals surface area contributed by atoms with Crippen LogP contribution in [0.5, 0.6) is 0 Å². The van der Waals surface area contributed by atoms with Gasteiger partial charge in [0.1, 0.15) is 6.10 Å². The van der Waals surface area contributed by atoms with Gasteiger partial charge in [-0.15, -0.1) is 0 Å². The molecule has 0 saturated heterocycles. The topological polar surface area (TPSA) is 41.5 Å². The molecule has 0 aliphatic rings. The number of benzene rings is 4. The zero-order valence-electron chi connectivity index (χ0n) is 19.4. The number of aliphatic hydroxyl groups excluding tert-OH is 1. The average molecular weight is 440 g/mol. The lowest BCUT2D eigenvalue weighted by Crippen LogP contribution is -2.46. The predicted octanol–water partition coefficient (Wildman–Crippen LogP) is 5.92. The second-order valence-corrected chi connectivity index (χ2v) is 9.31. The fourth-order valence-corrected chi connectivity index (χ4v) is 4.22. The van der Waals surface area contributed by atoms with Crippen molar-refractivity contribution in [3.63, 3.8) is 0 Å². The van der Waals surface area contributed by atoms with Crippen molar-refractivity contribution in [3.05, 3.63) is 120 Å². The summed E-state index contributed by atoms with van der Waals surface area (Å²) < 4.78 is 6.22.